The molecule has 0 radical (unpaired) electrons. The fourth-order valence-electron chi connectivity index (χ4n) is 2.66. The predicted octanol–water partition coefficient (Wildman–Crippen LogP) is 2.23. The van der Waals surface area contributed by atoms with Gasteiger partial charge in [0.25, 0.3) is 0 Å². The molecule has 0 saturated carbocycles. The highest BCUT2D eigenvalue weighted by Crippen LogP contribution is 2.18. The molecule has 3 rings (SSSR count). The summed E-state index contributed by atoms with van der Waals surface area (Å²) < 4.78 is 27.1. The zero-order valence-electron chi connectivity index (χ0n) is 14.8. The molecular weight excluding hydrogens is 352 g/mol. The van der Waals surface area contributed by atoms with Crippen LogP contribution in [0.3, 0.4) is 0 Å². The Labute approximate surface area is 152 Å². The molecule has 0 bridgehead atoms. The van der Waals surface area contributed by atoms with Crippen molar-refractivity contribution in [3.8, 4) is 0 Å². The molecule has 0 unspecified atom stereocenters. The molecule has 0 aliphatic rings. The molecule has 26 heavy (non-hydrogen) atoms. The van der Waals surface area contributed by atoms with Crippen molar-refractivity contribution in [2.45, 2.75) is 18.4 Å². The van der Waals surface area contributed by atoms with Gasteiger partial charge in [-0.05, 0) is 43.3 Å². The number of benzene rings is 2. The summed E-state index contributed by atoms with van der Waals surface area (Å²) in [6.07, 6.45) is 0. The quantitative estimate of drug-likeness (QED) is 0.744. The highest BCUT2D eigenvalue weighted by molar-refractivity contribution is 7.89. The Bertz CT molecular complexity index is 1050. The number of carbonyl (C=O) groups is 1. The second-order valence-corrected chi connectivity index (χ2v) is 8.25. The van der Waals surface area contributed by atoms with Crippen molar-refractivity contribution >= 4 is 32.7 Å². The number of aromatic nitrogens is 2. The average molecular weight is 372 g/mol. The molecule has 0 saturated heterocycles. The first-order valence-corrected chi connectivity index (χ1v) is 9.47. The molecule has 1 heterocycles. The van der Waals surface area contributed by atoms with Crippen molar-refractivity contribution in [2.75, 3.05) is 19.4 Å². The van der Waals surface area contributed by atoms with Crippen molar-refractivity contribution in [3.63, 3.8) is 0 Å². The third-order valence-electron chi connectivity index (χ3n) is 4.06. The molecule has 0 aliphatic heterocycles. The van der Waals surface area contributed by atoms with Crippen LogP contribution in [0.4, 0.5) is 5.69 Å². The van der Waals surface area contributed by atoms with Crippen LogP contribution in [-0.2, 0) is 21.4 Å². The number of para-hydroxylation sites is 2. The zero-order valence-corrected chi connectivity index (χ0v) is 15.6. The van der Waals surface area contributed by atoms with Crippen LogP contribution in [0.1, 0.15) is 5.82 Å². The summed E-state index contributed by atoms with van der Waals surface area (Å²) in [5.74, 6) is 0.549. The Balaban J connectivity index is 1.75. The molecule has 0 spiro atoms. The number of rotatable bonds is 5. The lowest BCUT2D eigenvalue weighted by Gasteiger charge is -2.12. The van der Waals surface area contributed by atoms with E-state index in [1.807, 2.05) is 35.8 Å². The normalized spacial score (nSPS) is 11.8. The van der Waals surface area contributed by atoms with Gasteiger partial charge in [0, 0.05) is 19.8 Å². The number of amides is 1. The minimum atomic E-state index is -3.48. The molecule has 1 amide bonds. The first-order chi connectivity index (χ1) is 12.3. The summed E-state index contributed by atoms with van der Waals surface area (Å²) in [6.45, 7) is 1.98. The number of nitrogens with one attached hydrogen (secondary N) is 1. The molecular formula is C18H20N4O3S. The lowest BCUT2D eigenvalue weighted by atomic mass is 10.3. The van der Waals surface area contributed by atoms with Gasteiger partial charge in [0.1, 0.15) is 12.4 Å². The predicted molar refractivity (Wildman–Crippen MR) is 100 cm³/mol. The summed E-state index contributed by atoms with van der Waals surface area (Å²) in [4.78, 5) is 17.0. The topological polar surface area (TPSA) is 84.3 Å². The molecule has 3 aromatic rings. The molecule has 136 valence electrons. The van der Waals surface area contributed by atoms with Gasteiger partial charge < -0.3 is 9.88 Å². The van der Waals surface area contributed by atoms with Crippen LogP contribution in [0.5, 0.6) is 0 Å². The maximum Gasteiger partial charge on any atom is 0.244 e. The van der Waals surface area contributed by atoms with E-state index in [1.54, 1.807) is 12.1 Å². The van der Waals surface area contributed by atoms with Crippen LogP contribution in [0.15, 0.2) is 53.4 Å². The van der Waals surface area contributed by atoms with E-state index < -0.39 is 10.0 Å². The van der Waals surface area contributed by atoms with Crippen molar-refractivity contribution in [2.24, 2.45) is 0 Å². The first-order valence-electron chi connectivity index (χ1n) is 8.03. The van der Waals surface area contributed by atoms with Crippen LogP contribution in [0.25, 0.3) is 11.0 Å². The van der Waals surface area contributed by atoms with Crippen molar-refractivity contribution in [1.82, 2.24) is 13.9 Å². The van der Waals surface area contributed by atoms with E-state index >= 15 is 0 Å². The fraction of sp³-hybridized carbons (Fsp3) is 0.222. The molecule has 2 aromatic carbocycles. The van der Waals surface area contributed by atoms with Crippen LogP contribution in [-0.4, -0.2) is 42.3 Å². The third-order valence-corrected chi connectivity index (χ3v) is 5.89. The average Bonchev–Trinajstić information content (AvgIpc) is 2.91. The number of hydrogen-bond donors (Lipinski definition) is 1. The fourth-order valence-corrected chi connectivity index (χ4v) is 3.56. The maximum atomic E-state index is 12.4. The minimum absolute atomic E-state index is 0.129. The van der Waals surface area contributed by atoms with Crippen LogP contribution < -0.4 is 5.32 Å². The summed E-state index contributed by atoms with van der Waals surface area (Å²) >= 11 is 0. The van der Waals surface area contributed by atoms with E-state index in [9.17, 15) is 13.2 Å². The molecule has 0 atom stereocenters. The molecule has 1 aromatic heterocycles. The number of anilines is 1. The Hall–Kier alpha value is -2.71. The van der Waals surface area contributed by atoms with Gasteiger partial charge in [0.05, 0.1) is 15.9 Å². The number of fused-ring (bicyclic) bond motifs is 1. The Kier molecular flexibility index (Phi) is 4.80. The standard InChI is InChI=1S/C18H20N4O3S/c1-13-19-16-6-4-5-7-17(16)22(13)12-18(23)20-14-8-10-15(11-9-14)26(24,25)21(2)3/h4-11H,12H2,1-3H3,(H,20,23). The van der Waals surface area contributed by atoms with Gasteiger partial charge in [-0.1, -0.05) is 12.1 Å². The highest BCUT2D eigenvalue weighted by atomic mass is 32.2. The number of sulfonamides is 1. The number of imidazole rings is 1. The summed E-state index contributed by atoms with van der Waals surface area (Å²) in [6, 6.07) is 13.7. The van der Waals surface area contributed by atoms with E-state index in [-0.39, 0.29) is 17.3 Å². The molecule has 7 nitrogen and oxygen atoms in total. The van der Waals surface area contributed by atoms with E-state index in [2.05, 4.69) is 10.3 Å². The van der Waals surface area contributed by atoms with Gasteiger partial charge in [0.2, 0.25) is 15.9 Å². The van der Waals surface area contributed by atoms with Crippen molar-refractivity contribution < 1.29 is 13.2 Å². The number of aryl methyl sites for hydroxylation is 1. The van der Waals surface area contributed by atoms with E-state index in [4.69, 9.17) is 0 Å². The van der Waals surface area contributed by atoms with Gasteiger partial charge in [0.15, 0.2) is 0 Å². The molecule has 0 fully saturated rings. The Morgan fingerprint density at radius 3 is 2.42 bits per heavy atom. The minimum Gasteiger partial charge on any atom is -0.325 e. The van der Waals surface area contributed by atoms with Crippen molar-refractivity contribution in [1.29, 1.82) is 0 Å². The number of hydrogen-bond acceptors (Lipinski definition) is 4. The first kappa shape index (κ1) is 18.1. The smallest absolute Gasteiger partial charge is 0.244 e. The monoisotopic (exact) mass is 372 g/mol. The second kappa shape index (κ2) is 6.89. The molecule has 8 heteroatoms. The lowest BCUT2D eigenvalue weighted by Crippen LogP contribution is -2.22. The number of carbonyl (C=O) groups excluding carboxylic acids is 1. The Morgan fingerprint density at radius 1 is 1.12 bits per heavy atom. The third kappa shape index (κ3) is 3.47. The van der Waals surface area contributed by atoms with Crippen molar-refractivity contribution in [3.05, 3.63) is 54.4 Å². The SMILES string of the molecule is Cc1nc2ccccc2n1CC(=O)Nc1ccc(S(=O)(=O)N(C)C)cc1. The van der Waals surface area contributed by atoms with Gasteiger partial charge in [-0.25, -0.2) is 17.7 Å². The zero-order chi connectivity index (χ0) is 18.9. The van der Waals surface area contributed by atoms with Crippen LogP contribution in [0, 0.1) is 6.92 Å². The number of nitrogens with zero attached hydrogens (tertiary/aromatic N) is 3. The van der Waals surface area contributed by atoms with Crippen LogP contribution in [0.2, 0.25) is 0 Å². The van der Waals surface area contributed by atoms with Gasteiger partial charge >= 0.3 is 0 Å². The summed E-state index contributed by atoms with van der Waals surface area (Å²) in [5.41, 5.74) is 2.28. The highest BCUT2D eigenvalue weighted by Gasteiger charge is 2.17. The van der Waals surface area contributed by atoms with Gasteiger partial charge in [-0.3, -0.25) is 4.79 Å². The largest absolute Gasteiger partial charge is 0.325 e. The van der Waals surface area contributed by atoms with E-state index in [0.717, 1.165) is 21.2 Å². The second-order valence-electron chi connectivity index (χ2n) is 6.09. The summed E-state index contributed by atoms with van der Waals surface area (Å²) in [7, 11) is -0.535. The molecule has 0 aliphatic carbocycles. The Morgan fingerprint density at radius 2 is 1.77 bits per heavy atom. The summed E-state index contributed by atoms with van der Waals surface area (Å²) in [5, 5.41) is 2.78. The van der Waals surface area contributed by atoms with E-state index in [0.29, 0.717) is 5.69 Å². The van der Waals surface area contributed by atoms with Crippen LogP contribution >= 0.6 is 0 Å². The molecule has 1 N–H and O–H groups in total. The van der Waals surface area contributed by atoms with Gasteiger partial charge in [-0.2, -0.15) is 0 Å². The maximum absolute atomic E-state index is 12.4. The van der Waals surface area contributed by atoms with Gasteiger partial charge in [-0.15, -0.1) is 0 Å². The van der Waals surface area contributed by atoms with E-state index in [1.165, 1.54) is 26.2 Å². The lowest BCUT2D eigenvalue weighted by molar-refractivity contribution is -0.116.